The van der Waals surface area contributed by atoms with E-state index in [2.05, 4.69) is 4.74 Å². The minimum atomic E-state index is -4.40. The third-order valence-electron chi connectivity index (χ3n) is 0.889. The fourth-order valence-electron chi connectivity index (χ4n) is 0.565. The molecule has 0 aromatic rings. The van der Waals surface area contributed by atoms with Crippen molar-refractivity contribution in [3.05, 3.63) is 12.0 Å². The molecule has 0 heterocycles. The van der Waals surface area contributed by atoms with E-state index >= 15 is 0 Å². The summed E-state index contributed by atoms with van der Waals surface area (Å²) in [5.41, 5.74) is 0. The molecule has 0 spiro atoms. The largest absolute Gasteiger partial charge is 0.520 e. The molecule has 2 nitrogen and oxygen atoms in total. The highest BCUT2D eigenvalue weighted by Gasteiger charge is 2.28. The third-order valence-corrected chi connectivity index (χ3v) is 1.70. The van der Waals surface area contributed by atoms with Crippen molar-refractivity contribution < 1.29 is 22.3 Å². The van der Waals surface area contributed by atoms with E-state index in [-0.39, 0.29) is 6.08 Å². The average molecular weight is 214 g/mol. The first-order chi connectivity index (χ1) is 5.64. The first kappa shape index (κ1) is 12.3. The summed E-state index contributed by atoms with van der Waals surface area (Å²) < 4.78 is 45.0. The topological polar surface area (TPSA) is 18.5 Å². The van der Waals surface area contributed by atoms with Gasteiger partial charge in [-0.1, -0.05) is 0 Å². The van der Waals surface area contributed by atoms with Gasteiger partial charge in [0.1, 0.15) is 0 Å². The van der Waals surface area contributed by atoms with E-state index in [1.165, 1.54) is 0 Å². The van der Waals surface area contributed by atoms with Gasteiger partial charge < -0.3 is 9.16 Å². The average Bonchev–Trinajstić information content (AvgIpc) is 1.79. The maximum Gasteiger partial charge on any atom is 0.416 e. The Labute approximate surface area is 76.5 Å². The molecule has 0 unspecified atom stereocenters. The molecule has 0 bridgehead atoms. The Kier molecular flexibility index (Phi) is 3.83. The molecule has 0 aliphatic carbocycles. The van der Waals surface area contributed by atoms with Crippen LogP contribution in [0.15, 0.2) is 12.0 Å². The van der Waals surface area contributed by atoms with E-state index in [0.717, 1.165) is 7.11 Å². The second-order valence-corrected chi connectivity index (χ2v) is 7.85. The molecule has 0 rings (SSSR count). The first-order valence-electron chi connectivity index (χ1n) is 3.66. The molecule has 0 aromatic carbocycles. The SMILES string of the molecule is COC(=CC(F)(F)F)O[Si](C)(C)C. The van der Waals surface area contributed by atoms with Crippen LogP contribution < -0.4 is 0 Å². The van der Waals surface area contributed by atoms with Crippen molar-refractivity contribution in [3.8, 4) is 0 Å². The van der Waals surface area contributed by atoms with Crippen LogP contribution in [0.4, 0.5) is 13.2 Å². The fourth-order valence-corrected chi connectivity index (χ4v) is 1.31. The Morgan fingerprint density at radius 3 is 1.92 bits per heavy atom. The summed E-state index contributed by atoms with van der Waals surface area (Å²) in [7, 11) is -0.884. The number of allylic oxidation sites excluding steroid dienone is 1. The Morgan fingerprint density at radius 2 is 1.69 bits per heavy atom. The van der Waals surface area contributed by atoms with Crippen molar-refractivity contribution in [1.82, 2.24) is 0 Å². The lowest BCUT2D eigenvalue weighted by atomic mass is 10.6. The molecule has 0 aliphatic rings. The zero-order chi connectivity index (χ0) is 10.7. The minimum absolute atomic E-state index is 0.0191. The zero-order valence-corrected chi connectivity index (χ0v) is 9.03. The summed E-state index contributed by atoms with van der Waals surface area (Å²) in [5, 5.41) is 0. The van der Waals surface area contributed by atoms with E-state index in [0.29, 0.717) is 0 Å². The zero-order valence-electron chi connectivity index (χ0n) is 8.03. The van der Waals surface area contributed by atoms with Crippen molar-refractivity contribution in [2.75, 3.05) is 7.11 Å². The molecule has 6 heteroatoms. The van der Waals surface area contributed by atoms with Crippen molar-refractivity contribution in [2.24, 2.45) is 0 Å². The number of hydrogen-bond acceptors (Lipinski definition) is 2. The molecule has 0 saturated carbocycles. The van der Waals surface area contributed by atoms with Crippen LogP contribution in [0.2, 0.25) is 19.6 Å². The summed E-state index contributed by atoms with van der Waals surface area (Å²) in [6.45, 7) is 5.32. The van der Waals surface area contributed by atoms with Crippen LogP contribution in [-0.2, 0) is 9.16 Å². The maximum absolute atomic E-state index is 11.8. The number of rotatable bonds is 3. The van der Waals surface area contributed by atoms with E-state index < -0.39 is 20.4 Å². The van der Waals surface area contributed by atoms with Gasteiger partial charge in [0.25, 0.3) is 5.95 Å². The summed E-state index contributed by atoms with van der Waals surface area (Å²) in [6.07, 6.45) is -4.38. The van der Waals surface area contributed by atoms with Crippen molar-refractivity contribution in [3.63, 3.8) is 0 Å². The molecular weight excluding hydrogens is 201 g/mol. The quantitative estimate of drug-likeness (QED) is 0.531. The number of ether oxygens (including phenoxy) is 1. The van der Waals surface area contributed by atoms with Crippen LogP contribution in [0, 0.1) is 0 Å². The van der Waals surface area contributed by atoms with Crippen LogP contribution >= 0.6 is 0 Å². The van der Waals surface area contributed by atoms with Gasteiger partial charge in [0, 0.05) is 0 Å². The fraction of sp³-hybridized carbons (Fsp3) is 0.714. The molecule has 0 radical (unpaired) electrons. The number of methoxy groups -OCH3 is 1. The Bertz CT molecular complexity index is 193. The van der Waals surface area contributed by atoms with Gasteiger partial charge >= 0.3 is 6.18 Å². The number of alkyl halides is 3. The molecule has 13 heavy (non-hydrogen) atoms. The van der Waals surface area contributed by atoms with Gasteiger partial charge in [-0.2, -0.15) is 13.2 Å². The van der Waals surface area contributed by atoms with Gasteiger partial charge in [-0.05, 0) is 19.6 Å². The number of hydrogen-bond donors (Lipinski definition) is 0. The molecule has 0 amide bonds. The van der Waals surface area contributed by atoms with E-state index in [9.17, 15) is 13.2 Å². The van der Waals surface area contributed by atoms with Gasteiger partial charge in [-0.3, -0.25) is 0 Å². The van der Waals surface area contributed by atoms with Gasteiger partial charge in [0.05, 0.1) is 13.2 Å². The summed E-state index contributed by atoms with van der Waals surface area (Å²) in [6, 6.07) is 0. The highest BCUT2D eigenvalue weighted by Crippen LogP contribution is 2.21. The van der Waals surface area contributed by atoms with Crippen LogP contribution in [-0.4, -0.2) is 21.6 Å². The molecule has 0 N–H and O–H groups in total. The van der Waals surface area contributed by atoms with Crippen LogP contribution in [0.25, 0.3) is 0 Å². The molecule has 78 valence electrons. The summed E-state index contributed by atoms with van der Waals surface area (Å²) in [4.78, 5) is 0. The molecule has 0 fully saturated rings. The predicted octanol–water partition coefficient (Wildman–Crippen LogP) is 2.89. The predicted molar refractivity (Wildman–Crippen MR) is 45.6 cm³/mol. The standard InChI is InChI=1S/C7H13F3O2Si/c1-11-6(5-7(8,9)10)12-13(2,3)4/h5H,1-4H3. The molecule has 0 aromatic heterocycles. The van der Waals surface area contributed by atoms with Gasteiger partial charge in [-0.25, -0.2) is 0 Å². The van der Waals surface area contributed by atoms with Gasteiger partial charge in [-0.15, -0.1) is 0 Å². The Balaban J connectivity index is 4.45. The van der Waals surface area contributed by atoms with Gasteiger partial charge in [0.15, 0.2) is 0 Å². The first-order valence-corrected chi connectivity index (χ1v) is 7.07. The van der Waals surface area contributed by atoms with Crippen molar-refractivity contribution in [2.45, 2.75) is 25.8 Å². The van der Waals surface area contributed by atoms with Gasteiger partial charge in [0.2, 0.25) is 8.32 Å². The summed E-state index contributed by atoms with van der Waals surface area (Å²) in [5.74, 6) is -0.466. The number of halogens is 3. The molecule has 0 aliphatic heterocycles. The van der Waals surface area contributed by atoms with E-state index in [4.69, 9.17) is 4.43 Å². The van der Waals surface area contributed by atoms with Crippen molar-refractivity contribution >= 4 is 8.32 Å². The van der Waals surface area contributed by atoms with E-state index in [1.54, 1.807) is 19.6 Å². The van der Waals surface area contributed by atoms with E-state index in [1.807, 2.05) is 0 Å². The normalized spacial score (nSPS) is 14.2. The van der Waals surface area contributed by atoms with Crippen LogP contribution in [0.5, 0.6) is 0 Å². The second-order valence-electron chi connectivity index (χ2n) is 3.42. The highest BCUT2D eigenvalue weighted by molar-refractivity contribution is 6.69. The second kappa shape index (κ2) is 4.04. The molecule has 0 saturated heterocycles. The highest BCUT2D eigenvalue weighted by atomic mass is 28.4. The molecule has 0 atom stereocenters. The minimum Gasteiger partial charge on any atom is -0.520 e. The summed E-state index contributed by atoms with van der Waals surface area (Å²) >= 11 is 0. The lowest BCUT2D eigenvalue weighted by molar-refractivity contribution is -0.0858. The van der Waals surface area contributed by atoms with Crippen molar-refractivity contribution in [1.29, 1.82) is 0 Å². The Morgan fingerprint density at radius 1 is 1.23 bits per heavy atom. The third kappa shape index (κ3) is 7.70. The van der Waals surface area contributed by atoms with Crippen LogP contribution in [0.1, 0.15) is 0 Å². The molecular formula is C7H13F3O2Si. The lowest BCUT2D eigenvalue weighted by Crippen LogP contribution is -2.26. The monoisotopic (exact) mass is 214 g/mol. The van der Waals surface area contributed by atoms with Crippen LogP contribution in [0.3, 0.4) is 0 Å². The smallest absolute Gasteiger partial charge is 0.416 e. The maximum atomic E-state index is 11.8. The Hall–Kier alpha value is -0.653. The lowest BCUT2D eigenvalue weighted by Gasteiger charge is -2.20.